The molecule has 4 aromatic rings. The number of nitrogen functional groups attached to an aromatic ring is 1. The number of carbonyl (C=O) groups excluding carboxylic acids is 2. The largest absolute Gasteiger partial charge is 0.382 e. The Kier molecular flexibility index (Phi) is 7.70. The number of hydrogen-bond donors (Lipinski definition) is 4. The van der Waals surface area contributed by atoms with Gasteiger partial charge in [-0.2, -0.15) is 0 Å². The molecule has 8 nitrogen and oxygen atoms in total. The molecule has 3 aromatic carbocycles. The fraction of sp³-hybridized carbons (Fsp3) is 0.200. The van der Waals surface area contributed by atoms with E-state index in [1.54, 1.807) is 18.2 Å². The second-order valence-electron chi connectivity index (χ2n) is 9.33. The number of piperidine rings is 1. The minimum atomic E-state index is -0.349. The van der Waals surface area contributed by atoms with Gasteiger partial charge >= 0.3 is 0 Å². The number of aromatic nitrogens is 2. The summed E-state index contributed by atoms with van der Waals surface area (Å²) in [6.07, 6.45) is 3.42. The third kappa shape index (κ3) is 6.04. The van der Waals surface area contributed by atoms with Gasteiger partial charge in [0.05, 0.1) is 11.9 Å². The zero-order valence-corrected chi connectivity index (χ0v) is 21.0. The number of benzene rings is 3. The van der Waals surface area contributed by atoms with Crippen LogP contribution in [0.2, 0.25) is 0 Å². The number of anilines is 1. The van der Waals surface area contributed by atoms with Crippen LogP contribution in [0.15, 0.2) is 85.1 Å². The third-order valence-corrected chi connectivity index (χ3v) is 6.58. The second-order valence-corrected chi connectivity index (χ2v) is 9.33. The molecule has 2 amide bonds. The van der Waals surface area contributed by atoms with Gasteiger partial charge in [-0.05, 0) is 48.2 Å². The molecule has 38 heavy (non-hydrogen) atoms. The van der Waals surface area contributed by atoms with Crippen molar-refractivity contribution in [2.45, 2.75) is 25.4 Å². The van der Waals surface area contributed by atoms with Crippen molar-refractivity contribution in [1.29, 1.82) is 0 Å². The van der Waals surface area contributed by atoms with Crippen LogP contribution in [-0.4, -0.2) is 40.9 Å². The van der Waals surface area contributed by atoms with Crippen molar-refractivity contribution in [3.8, 4) is 22.4 Å². The second kappa shape index (κ2) is 11.7. The summed E-state index contributed by atoms with van der Waals surface area (Å²) in [5.74, 6) is -0.481. The first-order chi connectivity index (χ1) is 18.6. The predicted molar refractivity (Wildman–Crippen MR) is 148 cm³/mol. The SMILES string of the molecule is Nc1ncc(-c2cccc(C(=O)NCc3ccc(-c4ccccc4)cc3)c2)nc1C(=O)NC1CCCNC1. The summed E-state index contributed by atoms with van der Waals surface area (Å²) in [7, 11) is 0. The highest BCUT2D eigenvalue weighted by Crippen LogP contribution is 2.21. The van der Waals surface area contributed by atoms with Crippen LogP contribution in [0.25, 0.3) is 22.4 Å². The molecule has 1 saturated heterocycles. The van der Waals surface area contributed by atoms with Gasteiger partial charge in [-0.1, -0.05) is 66.7 Å². The Balaban J connectivity index is 1.25. The molecule has 2 heterocycles. The number of nitrogens with one attached hydrogen (secondary N) is 3. The Bertz CT molecular complexity index is 1420. The van der Waals surface area contributed by atoms with Gasteiger partial charge in [-0.15, -0.1) is 0 Å². The summed E-state index contributed by atoms with van der Waals surface area (Å²) >= 11 is 0. The van der Waals surface area contributed by atoms with Crippen molar-refractivity contribution in [3.05, 3.63) is 102 Å². The molecular weight excluding hydrogens is 476 g/mol. The molecular formula is C30H30N6O2. The van der Waals surface area contributed by atoms with Crippen LogP contribution < -0.4 is 21.7 Å². The fourth-order valence-corrected chi connectivity index (χ4v) is 4.48. The van der Waals surface area contributed by atoms with Gasteiger partial charge in [0, 0.05) is 30.3 Å². The van der Waals surface area contributed by atoms with Crippen LogP contribution in [0.4, 0.5) is 5.82 Å². The molecule has 0 spiro atoms. The van der Waals surface area contributed by atoms with Crippen molar-refractivity contribution in [2.75, 3.05) is 18.8 Å². The minimum absolute atomic E-state index is 0.0303. The lowest BCUT2D eigenvalue weighted by Gasteiger charge is -2.23. The number of hydrogen-bond acceptors (Lipinski definition) is 6. The molecule has 0 saturated carbocycles. The molecule has 1 aliphatic rings. The Labute approximate surface area is 221 Å². The van der Waals surface area contributed by atoms with Gasteiger partial charge in [0.1, 0.15) is 0 Å². The fourth-order valence-electron chi connectivity index (χ4n) is 4.48. The minimum Gasteiger partial charge on any atom is -0.382 e. The summed E-state index contributed by atoms with van der Waals surface area (Å²) in [4.78, 5) is 34.4. The lowest BCUT2D eigenvalue weighted by Crippen LogP contribution is -2.46. The van der Waals surface area contributed by atoms with E-state index in [9.17, 15) is 9.59 Å². The molecule has 0 radical (unpaired) electrons. The van der Waals surface area contributed by atoms with E-state index in [1.165, 1.54) is 6.20 Å². The number of amides is 2. The topological polar surface area (TPSA) is 122 Å². The highest BCUT2D eigenvalue weighted by molar-refractivity contribution is 5.97. The smallest absolute Gasteiger partial charge is 0.274 e. The maximum Gasteiger partial charge on any atom is 0.274 e. The molecule has 1 aliphatic heterocycles. The van der Waals surface area contributed by atoms with Gasteiger partial charge in [0.15, 0.2) is 11.5 Å². The van der Waals surface area contributed by atoms with Crippen LogP contribution in [0.5, 0.6) is 0 Å². The molecule has 1 aromatic heterocycles. The average Bonchev–Trinajstić information content (AvgIpc) is 2.97. The van der Waals surface area contributed by atoms with E-state index < -0.39 is 0 Å². The van der Waals surface area contributed by atoms with Crippen LogP contribution >= 0.6 is 0 Å². The van der Waals surface area contributed by atoms with Crippen molar-refractivity contribution in [2.24, 2.45) is 0 Å². The molecule has 1 atom stereocenters. The lowest BCUT2D eigenvalue weighted by molar-refractivity contribution is 0.0923. The summed E-state index contributed by atoms with van der Waals surface area (Å²) in [6, 6.07) is 25.4. The normalized spacial score (nSPS) is 15.0. The number of carbonyl (C=O) groups is 2. The first kappa shape index (κ1) is 25.1. The number of nitrogens with two attached hydrogens (primary N) is 1. The zero-order valence-electron chi connectivity index (χ0n) is 21.0. The van der Waals surface area contributed by atoms with Gasteiger partial charge in [-0.25, -0.2) is 9.97 Å². The average molecular weight is 507 g/mol. The Hall–Kier alpha value is -4.56. The van der Waals surface area contributed by atoms with Crippen molar-refractivity contribution in [3.63, 3.8) is 0 Å². The molecule has 1 unspecified atom stereocenters. The first-order valence-electron chi connectivity index (χ1n) is 12.7. The molecule has 1 fully saturated rings. The van der Waals surface area contributed by atoms with Crippen LogP contribution in [-0.2, 0) is 6.54 Å². The highest BCUT2D eigenvalue weighted by atomic mass is 16.2. The summed E-state index contributed by atoms with van der Waals surface area (Å²) < 4.78 is 0. The molecule has 5 N–H and O–H groups in total. The summed E-state index contributed by atoms with van der Waals surface area (Å²) in [5.41, 5.74) is 11.0. The van der Waals surface area contributed by atoms with E-state index in [0.717, 1.165) is 36.1 Å². The van der Waals surface area contributed by atoms with E-state index in [-0.39, 0.29) is 29.4 Å². The predicted octanol–water partition coefficient (Wildman–Crippen LogP) is 3.80. The van der Waals surface area contributed by atoms with Crippen LogP contribution in [0.1, 0.15) is 39.3 Å². The Morgan fingerprint density at radius 2 is 1.68 bits per heavy atom. The zero-order chi connectivity index (χ0) is 26.3. The third-order valence-electron chi connectivity index (χ3n) is 6.58. The Morgan fingerprint density at radius 3 is 2.45 bits per heavy atom. The van der Waals surface area contributed by atoms with Gasteiger partial charge in [0.2, 0.25) is 0 Å². The van der Waals surface area contributed by atoms with Crippen molar-refractivity contribution < 1.29 is 9.59 Å². The van der Waals surface area contributed by atoms with Crippen molar-refractivity contribution in [1.82, 2.24) is 25.9 Å². The molecule has 5 rings (SSSR count). The lowest BCUT2D eigenvalue weighted by atomic mass is 10.0. The highest BCUT2D eigenvalue weighted by Gasteiger charge is 2.20. The van der Waals surface area contributed by atoms with E-state index in [2.05, 4.69) is 50.2 Å². The Morgan fingerprint density at radius 1 is 0.921 bits per heavy atom. The standard InChI is InChI=1S/C30H30N6O2/c31-28-27(30(38)35-25-10-5-15-32-18-25)36-26(19-33-28)23-8-4-9-24(16-23)29(37)34-17-20-11-13-22(14-12-20)21-6-2-1-3-7-21/h1-4,6-9,11-14,16,19,25,32H,5,10,15,17-18H2,(H2,31,33)(H,34,37)(H,35,38). The van der Waals surface area contributed by atoms with Crippen LogP contribution in [0, 0.1) is 0 Å². The summed E-state index contributed by atoms with van der Waals surface area (Å²) in [5, 5.41) is 9.22. The monoisotopic (exact) mass is 506 g/mol. The van der Waals surface area contributed by atoms with E-state index in [0.29, 0.717) is 29.9 Å². The molecule has 8 heteroatoms. The maximum absolute atomic E-state index is 12.9. The van der Waals surface area contributed by atoms with Gasteiger partial charge in [0.25, 0.3) is 11.8 Å². The first-order valence-corrected chi connectivity index (χ1v) is 12.7. The van der Waals surface area contributed by atoms with E-state index in [4.69, 9.17) is 5.73 Å². The van der Waals surface area contributed by atoms with E-state index >= 15 is 0 Å². The quantitative estimate of drug-likeness (QED) is 0.302. The molecule has 0 bridgehead atoms. The summed E-state index contributed by atoms with van der Waals surface area (Å²) in [6.45, 7) is 2.07. The molecule has 0 aliphatic carbocycles. The van der Waals surface area contributed by atoms with Crippen molar-refractivity contribution >= 4 is 17.6 Å². The molecule has 192 valence electrons. The van der Waals surface area contributed by atoms with Crippen LogP contribution in [0.3, 0.4) is 0 Å². The van der Waals surface area contributed by atoms with Gasteiger partial charge < -0.3 is 21.7 Å². The van der Waals surface area contributed by atoms with E-state index in [1.807, 2.05) is 36.4 Å². The number of rotatable bonds is 7. The van der Waals surface area contributed by atoms with Gasteiger partial charge in [-0.3, -0.25) is 9.59 Å². The number of nitrogens with zero attached hydrogens (tertiary/aromatic N) is 2. The maximum atomic E-state index is 12.9.